The first-order valence-electron chi connectivity index (χ1n) is 7.76. The predicted molar refractivity (Wildman–Crippen MR) is 82.2 cm³/mol. The van der Waals surface area contributed by atoms with Crippen LogP contribution in [0.2, 0.25) is 0 Å². The van der Waals surface area contributed by atoms with Gasteiger partial charge in [-0.1, -0.05) is 26.7 Å². The fraction of sp³-hybridized carbons (Fsp3) is 0.929. The summed E-state index contributed by atoms with van der Waals surface area (Å²) in [6, 6.07) is -1.11. The fourth-order valence-electron chi connectivity index (χ4n) is 2.65. The third kappa shape index (κ3) is 5.92. The van der Waals surface area contributed by atoms with Crippen LogP contribution in [0.4, 0.5) is 0 Å². The minimum atomic E-state index is -3.72. The minimum Gasteiger partial charge on any atom is -0.480 e. The van der Waals surface area contributed by atoms with Crippen molar-refractivity contribution in [2.24, 2.45) is 5.92 Å². The van der Waals surface area contributed by atoms with E-state index in [4.69, 9.17) is 0 Å². The molecule has 7 heteroatoms. The summed E-state index contributed by atoms with van der Waals surface area (Å²) in [5.41, 5.74) is 0. The molecule has 124 valence electrons. The Morgan fingerprint density at radius 1 is 1.29 bits per heavy atom. The van der Waals surface area contributed by atoms with Crippen molar-refractivity contribution in [2.75, 3.05) is 6.54 Å². The van der Waals surface area contributed by atoms with Gasteiger partial charge in [0, 0.05) is 12.6 Å². The van der Waals surface area contributed by atoms with Crippen LogP contribution in [-0.4, -0.2) is 42.4 Å². The molecule has 2 N–H and O–H groups in total. The molecule has 0 spiro atoms. The first-order chi connectivity index (χ1) is 9.74. The van der Waals surface area contributed by atoms with E-state index in [0.29, 0.717) is 18.8 Å². The van der Waals surface area contributed by atoms with Gasteiger partial charge in [-0.2, -0.15) is 17.4 Å². The Balaban J connectivity index is 2.60. The molecule has 0 saturated carbocycles. The second kappa shape index (κ2) is 8.10. The summed E-state index contributed by atoms with van der Waals surface area (Å²) >= 11 is 0. The molecule has 0 aromatic heterocycles. The van der Waals surface area contributed by atoms with Crippen LogP contribution >= 0.6 is 0 Å². The maximum Gasteiger partial charge on any atom is 0.322 e. The van der Waals surface area contributed by atoms with Gasteiger partial charge in [-0.25, -0.2) is 0 Å². The Hall–Kier alpha value is -0.660. The smallest absolute Gasteiger partial charge is 0.322 e. The highest BCUT2D eigenvalue weighted by Crippen LogP contribution is 2.20. The molecular weight excluding hydrogens is 292 g/mol. The van der Waals surface area contributed by atoms with Crippen LogP contribution in [0.1, 0.15) is 59.3 Å². The molecule has 0 bridgehead atoms. The van der Waals surface area contributed by atoms with Gasteiger partial charge in [0.25, 0.3) is 10.2 Å². The van der Waals surface area contributed by atoms with Crippen LogP contribution in [-0.2, 0) is 15.0 Å². The van der Waals surface area contributed by atoms with Crippen molar-refractivity contribution in [3.8, 4) is 0 Å². The van der Waals surface area contributed by atoms with E-state index >= 15 is 0 Å². The fourth-order valence-corrected chi connectivity index (χ4v) is 4.31. The summed E-state index contributed by atoms with van der Waals surface area (Å²) in [4.78, 5) is 11.2. The lowest BCUT2D eigenvalue weighted by Gasteiger charge is -2.32. The molecule has 1 rings (SSSR count). The van der Waals surface area contributed by atoms with E-state index in [1.807, 2.05) is 6.92 Å². The highest BCUT2D eigenvalue weighted by atomic mass is 32.2. The third-order valence-electron chi connectivity index (χ3n) is 3.82. The van der Waals surface area contributed by atoms with E-state index in [1.54, 1.807) is 0 Å². The Morgan fingerprint density at radius 2 is 1.95 bits per heavy atom. The molecule has 0 aromatic carbocycles. The van der Waals surface area contributed by atoms with Gasteiger partial charge in [0.05, 0.1) is 0 Å². The van der Waals surface area contributed by atoms with Gasteiger partial charge in [-0.3, -0.25) is 4.79 Å². The van der Waals surface area contributed by atoms with E-state index < -0.39 is 22.2 Å². The normalized spacial score (nSPS) is 22.4. The summed E-state index contributed by atoms with van der Waals surface area (Å²) in [5.74, 6) is -0.458. The highest BCUT2D eigenvalue weighted by Gasteiger charge is 2.37. The quantitative estimate of drug-likeness (QED) is 0.716. The van der Waals surface area contributed by atoms with E-state index in [9.17, 15) is 18.3 Å². The Bertz CT molecular complexity index is 436. The average molecular weight is 320 g/mol. The van der Waals surface area contributed by atoms with Gasteiger partial charge < -0.3 is 5.11 Å². The summed E-state index contributed by atoms with van der Waals surface area (Å²) in [6.07, 6.45) is 4.65. The maximum atomic E-state index is 12.4. The first-order valence-corrected chi connectivity index (χ1v) is 9.20. The number of nitrogens with zero attached hydrogens (tertiary/aromatic N) is 1. The second-order valence-corrected chi connectivity index (χ2v) is 7.96. The number of hydrogen-bond donors (Lipinski definition) is 2. The summed E-state index contributed by atoms with van der Waals surface area (Å²) < 4.78 is 28.4. The zero-order valence-corrected chi connectivity index (χ0v) is 14.0. The molecule has 6 nitrogen and oxygen atoms in total. The largest absolute Gasteiger partial charge is 0.480 e. The van der Waals surface area contributed by atoms with Crippen molar-refractivity contribution in [3.63, 3.8) is 0 Å². The van der Waals surface area contributed by atoms with E-state index in [2.05, 4.69) is 18.6 Å². The zero-order valence-electron chi connectivity index (χ0n) is 13.2. The minimum absolute atomic E-state index is 0.176. The lowest BCUT2D eigenvalue weighted by atomic mass is 10.0. The molecule has 1 aliphatic rings. The Kier molecular flexibility index (Phi) is 7.09. The van der Waals surface area contributed by atoms with Crippen LogP contribution < -0.4 is 4.72 Å². The lowest BCUT2D eigenvalue weighted by molar-refractivity contribution is -0.142. The van der Waals surface area contributed by atoms with Gasteiger partial charge in [0.2, 0.25) is 0 Å². The van der Waals surface area contributed by atoms with Crippen LogP contribution in [0.3, 0.4) is 0 Å². The monoisotopic (exact) mass is 320 g/mol. The number of carboxylic acid groups (broad SMARTS) is 1. The first kappa shape index (κ1) is 18.4. The van der Waals surface area contributed by atoms with E-state index in [1.165, 1.54) is 0 Å². The third-order valence-corrected chi connectivity index (χ3v) is 5.57. The van der Waals surface area contributed by atoms with Crippen molar-refractivity contribution >= 4 is 16.2 Å². The molecule has 0 radical (unpaired) electrons. The number of nitrogens with one attached hydrogen (secondary N) is 1. The molecular formula is C14H28N2O4S. The van der Waals surface area contributed by atoms with Gasteiger partial charge in [0.1, 0.15) is 6.04 Å². The van der Waals surface area contributed by atoms with E-state index in [-0.39, 0.29) is 12.6 Å². The molecule has 0 aliphatic carbocycles. The molecule has 1 aliphatic heterocycles. The molecule has 1 heterocycles. The van der Waals surface area contributed by atoms with Gasteiger partial charge >= 0.3 is 5.97 Å². The van der Waals surface area contributed by atoms with Crippen molar-refractivity contribution in [1.29, 1.82) is 0 Å². The SMILES string of the molecule is CC(C)CCCC(C)NS(=O)(=O)N1CCCCC1C(=O)O. The molecule has 1 fully saturated rings. The van der Waals surface area contributed by atoms with Crippen molar-refractivity contribution < 1.29 is 18.3 Å². The molecule has 0 amide bonds. The van der Waals surface area contributed by atoms with Gasteiger partial charge in [0.15, 0.2) is 0 Å². The Labute approximate surface area is 128 Å². The van der Waals surface area contributed by atoms with Gasteiger partial charge in [-0.15, -0.1) is 0 Å². The lowest BCUT2D eigenvalue weighted by Crippen LogP contribution is -2.53. The number of aliphatic carboxylic acids is 1. The number of carbonyl (C=O) groups is 1. The van der Waals surface area contributed by atoms with Crippen LogP contribution in [0, 0.1) is 5.92 Å². The molecule has 2 unspecified atom stereocenters. The topological polar surface area (TPSA) is 86.7 Å². The number of carboxylic acids is 1. The zero-order chi connectivity index (χ0) is 16.0. The molecule has 21 heavy (non-hydrogen) atoms. The number of rotatable bonds is 8. The summed E-state index contributed by atoms with van der Waals surface area (Å²) in [7, 11) is -3.72. The predicted octanol–water partition coefficient (Wildman–Crippen LogP) is 1.97. The number of piperidine rings is 1. The number of hydrogen-bond acceptors (Lipinski definition) is 3. The maximum absolute atomic E-state index is 12.4. The molecule has 2 atom stereocenters. The van der Waals surface area contributed by atoms with E-state index in [0.717, 1.165) is 30.0 Å². The summed E-state index contributed by atoms with van der Waals surface area (Å²) in [5, 5.41) is 9.17. The average Bonchev–Trinajstić information content (AvgIpc) is 2.37. The highest BCUT2D eigenvalue weighted by molar-refractivity contribution is 7.87. The van der Waals surface area contributed by atoms with Crippen LogP contribution in [0.15, 0.2) is 0 Å². The van der Waals surface area contributed by atoms with Crippen LogP contribution in [0.25, 0.3) is 0 Å². The Morgan fingerprint density at radius 3 is 2.52 bits per heavy atom. The van der Waals surface area contributed by atoms with Crippen molar-refractivity contribution in [1.82, 2.24) is 9.03 Å². The standard InChI is InChI=1S/C14H28N2O4S/c1-11(2)7-6-8-12(3)15-21(19,20)16-10-5-4-9-13(16)14(17)18/h11-13,15H,4-10H2,1-3H3,(H,17,18). The van der Waals surface area contributed by atoms with Crippen molar-refractivity contribution in [2.45, 2.75) is 71.4 Å². The second-order valence-electron chi connectivity index (χ2n) is 6.31. The summed E-state index contributed by atoms with van der Waals surface area (Å²) in [6.45, 7) is 6.39. The molecule has 0 aromatic rings. The van der Waals surface area contributed by atoms with Crippen molar-refractivity contribution in [3.05, 3.63) is 0 Å². The van der Waals surface area contributed by atoms with Gasteiger partial charge in [-0.05, 0) is 38.5 Å². The van der Waals surface area contributed by atoms with Crippen LogP contribution in [0.5, 0.6) is 0 Å². The molecule has 1 saturated heterocycles.